The molecule has 0 radical (unpaired) electrons. The van der Waals surface area contributed by atoms with Gasteiger partial charge in [-0.15, -0.1) is 0 Å². The smallest absolute Gasteiger partial charge is 0.251 e. The molecule has 1 heterocycles. The molecule has 0 fully saturated rings. The molecule has 21 heavy (non-hydrogen) atoms. The number of thioether (sulfide) groups is 1. The fourth-order valence-corrected chi connectivity index (χ4v) is 3.12. The number of nitrogens with zero attached hydrogens (tertiary/aromatic N) is 1. The maximum Gasteiger partial charge on any atom is 0.251 e. The quantitative estimate of drug-likeness (QED) is 0.658. The Kier molecular flexibility index (Phi) is 5.20. The van der Waals surface area contributed by atoms with Gasteiger partial charge in [0, 0.05) is 23.1 Å². The first-order valence-corrected chi connectivity index (χ1v) is 7.96. The van der Waals surface area contributed by atoms with Crippen LogP contribution in [0.4, 0.5) is 0 Å². The molecule has 1 aromatic heterocycles. The van der Waals surface area contributed by atoms with Gasteiger partial charge in [-0.25, -0.2) is 4.98 Å². The van der Waals surface area contributed by atoms with Crippen molar-refractivity contribution in [2.24, 2.45) is 5.73 Å². The van der Waals surface area contributed by atoms with Crippen LogP contribution in [0.2, 0.25) is 0 Å². The fourth-order valence-electron chi connectivity index (χ4n) is 2.10. The van der Waals surface area contributed by atoms with E-state index in [0.29, 0.717) is 10.9 Å². The number of rotatable bonds is 5. The Morgan fingerprint density at radius 1 is 1.33 bits per heavy atom. The van der Waals surface area contributed by atoms with Crippen molar-refractivity contribution >= 4 is 11.8 Å². The molecule has 0 spiro atoms. The number of H-pyrrole nitrogens is 1. The molecule has 112 valence electrons. The highest BCUT2D eigenvalue weighted by Crippen LogP contribution is 2.28. The third kappa shape index (κ3) is 4.19. The Morgan fingerprint density at radius 2 is 2.00 bits per heavy atom. The van der Waals surface area contributed by atoms with Crippen molar-refractivity contribution in [2.45, 2.75) is 43.6 Å². The van der Waals surface area contributed by atoms with Crippen molar-refractivity contribution in [2.75, 3.05) is 0 Å². The lowest BCUT2D eigenvalue weighted by Crippen LogP contribution is -2.22. The van der Waals surface area contributed by atoms with E-state index >= 15 is 0 Å². The van der Waals surface area contributed by atoms with Gasteiger partial charge < -0.3 is 10.7 Å². The first kappa shape index (κ1) is 15.8. The highest BCUT2D eigenvalue weighted by atomic mass is 32.2. The fraction of sp³-hybridized carbons (Fsp3) is 0.375. The summed E-state index contributed by atoms with van der Waals surface area (Å²) in [7, 11) is 0. The molecule has 0 saturated carbocycles. The lowest BCUT2D eigenvalue weighted by Gasteiger charge is -2.19. The Hall–Kier alpha value is -1.59. The Labute approximate surface area is 129 Å². The van der Waals surface area contributed by atoms with Crippen LogP contribution in [0.15, 0.2) is 40.3 Å². The summed E-state index contributed by atoms with van der Waals surface area (Å²) >= 11 is 1.49. The van der Waals surface area contributed by atoms with Crippen LogP contribution in [-0.4, -0.2) is 15.2 Å². The van der Waals surface area contributed by atoms with Gasteiger partial charge in [0.1, 0.15) is 0 Å². The summed E-state index contributed by atoms with van der Waals surface area (Å²) in [5.74, 6) is 0. The van der Waals surface area contributed by atoms with Crippen LogP contribution in [0, 0.1) is 6.92 Å². The first-order chi connectivity index (χ1) is 9.99. The zero-order valence-corrected chi connectivity index (χ0v) is 13.4. The Morgan fingerprint density at radius 3 is 2.57 bits per heavy atom. The highest BCUT2D eigenvalue weighted by Gasteiger charge is 2.17. The van der Waals surface area contributed by atoms with Crippen LogP contribution in [0.25, 0.3) is 0 Å². The third-order valence-corrected chi connectivity index (χ3v) is 4.51. The maximum atomic E-state index is 11.5. The van der Waals surface area contributed by atoms with E-state index in [1.165, 1.54) is 23.4 Å². The Bertz CT molecular complexity index is 651. The minimum atomic E-state index is -0.127. The molecule has 5 heteroatoms. The van der Waals surface area contributed by atoms with Gasteiger partial charge >= 0.3 is 0 Å². The van der Waals surface area contributed by atoms with Crippen LogP contribution in [-0.2, 0) is 6.42 Å². The molecule has 3 N–H and O–H groups in total. The van der Waals surface area contributed by atoms with E-state index in [4.69, 9.17) is 5.73 Å². The van der Waals surface area contributed by atoms with Crippen molar-refractivity contribution < 1.29 is 0 Å². The molecule has 2 aromatic rings. The predicted molar refractivity (Wildman–Crippen MR) is 87.7 cm³/mol. The molecule has 0 saturated heterocycles. The monoisotopic (exact) mass is 303 g/mol. The van der Waals surface area contributed by atoms with E-state index < -0.39 is 0 Å². The van der Waals surface area contributed by atoms with Gasteiger partial charge in [-0.3, -0.25) is 4.79 Å². The highest BCUT2D eigenvalue weighted by molar-refractivity contribution is 7.99. The van der Waals surface area contributed by atoms with E-state index in [1.54, 1.807) is 0 Å². The standard InChI is InChI=1S/C16H21N3OS/c1-4-12-5-7-13(8-6-12)15(17)11(3)21-16-18-10(2)9-14(20)19-16/h5-9,11,15H,4,17H2,1-3H3,(H,18,19,20). The number of nitrogens with two attached hydrogens (primary N) is 1. The average molecular weight is 303 g/mol. The molecular weight excluding hydrogens is 282 g/mol. The molecule has 0 aliphatic heterocycles. The van der Waals surface area contributed by atoms with Gasteiger partial charge in [0.05, 0.1) is 0 Å². The minimum Gasteiger partial charge on any atom is -0.323 e. The number of aromatic nitrogens is 2. The molecule has 2 rings (SSSR count). The lowest BCUT2D eigenvalue weighted by atomic mass is 10.0. The molecule has 1 aromatic carbocycles. The maximum absolute atomic E-state index is 11.5. The van der Waals surface area contributed by atoms with Crippen molar-refractivity contribution in [1.82, 2.24) is 9.97 Å². The van der Waals surface area contributed by atoms with E-state index in [1.807, 2.05) is 13.8 Å². The molecule has 0 bridgehead atoms. The molecule has 2 atom stereocenters. The predicted octanol–water partition coefficient (Wildman–Crippen LogP) is 2.82. The van der Waals surface area contributed by atoms with Gasteiger partial charge in [0.25, 0.3) is 5.56 Å². The van der Waals surface area contributed by atoms with Crippen molar-refractivity contribution in [3.05, 3.63) is 57.5 Å². The number of benzene rings is 1. The van der Waals surface area contributed by atoms with Gasteiger partial charge in [-0.1, -0.05) is 49.9 Å². The molecule has 0 aliphatic carbocycles. The van der Waals surface area contributed by atoms with Crippen LogP contribution in [0.5, 0.6) is 0 Å². The molecular formula is C16H21N3OS. The largest absolute Gasteiger partial charge is 0.323 e. The third-order valence-electron chi connectivity index (χ3n) is 3.42. The second-order valence-corrected chi connectivity index (χ2v) is 6.50. The SMILES string of the molecule is CCc1ccc(C(N)C(C)Sc2nc(C)cc(=O)[nH]2)cc1. The molecule has 2 unspecified atom stereocenters. The van der Waals surface area contributed by atoms with Crippen molar-refractivity contribution in [3.8, 4) is 0 Å². The molecule has 0 amide bonds. The first-order valence-electron chi connectivity index (χ1n) is 7.08. The van der Waals surface area contributed by atoms with Crippen LogP contribution >= 0.6 is 11.8 Å². The van der Waals surface area contributed by atoms with Crippen molar-refractivity contribution in [1.29, 1.82) is 0 Å². The van der Waals surface area contributed by atoms with Gasteiger partial charge in [-0.05, 0) is 24.5 Å². The molecule has 0 aliphatic rings. The molecule has 4 nitrogen and oxygen atoms in total. The summed E-state index contributed by atoms with van der Waals surface area (Å²) in [5, 5.41) is 0.732. The summed E-state index contributed by atoms with van der Waals surface area (Å²) in [4.78, 5) is 18.5. The van der Waals surface area contributed by atoms with Crippen molar-refractivity contribution in [3.63, 3.8) is 0 Å². The van der Waals surface area contributed by atoms with Crippen LogP contribution < -0.4 is 11.3 Å². The summed E-state index contributed by atoms with van der Waals surface area (Å²) < 4.78 is 0. The Balaban J connectivity index is 2.10. The van der Waals surface area contributed by atoms with Crippen LogP contribution in [0.1, 0.15) is 36.7 Å². The number of aryl methyl sites for hydroxylation is 2. The van der Waals surface area contributed by atoms with E-state index in [-0.39, 0.29) is 16.9 Å². The summed E-state index contributed by atoms with van der Waals surface area (Å²) in [6.07, 6.45) is 1.02. The number of aromatic amines is 1. The van der Waals surface area contributed by atoms with Crippen LogP contribution in [0.3, 0.4) is 0 Å². The van der Waals surface area contributed by atoms with E-state index in [0.717, 1.165) is 12.0 Å². The number of hydrogen-bond donors (Lipinski definition) is 2. The lowest BCUT2D eigenvalue weighted by molar-refractivity contribution is 0.710. The summed E-state index contributed by atoms with van der Waals surface area (Å²) in [6.45, 7) is 5.99. The summed E-state index contributed by atoms with van der Waals surface area (Å²) in [5.41, 5.74) is 9.30. The van der Waals surface area contributed by atoms with E-state index in [9.17, 15) is 4.79 Å². The van der Waals surface area contributed by atoms with E-state index in [2.05, 4.69) is 41.2 Å². The second-order valence-electron chi connectivity index (χ2n) is 5.14. The number of nitrogens with one attached hydrogen (secondary N) is 1. The zero-order valence-electron chi connectivity index (χ0n) is 12.6. The number of hydrogen-bond acceptors (Lipinski definition) is 4. The minimum absolute atomic E-state index is 0.105. The van der Waals surface area contributed by atoms with Gasteiger partial charge in [-0.2, -0.15) is 0 Å². The zero-order chi connectivity index (χ0) is 15.4. The second kappa shape index (κ2) is 6.91. The normalized spacial score (nSPS) is 13.9. The average Bonchev–Trinajstić information content (AvgIpc) is 2.45. The van der Waals surface area contributed by atoms with Gasteiger partial charge in [0.15, 0.2) is 5.16 Å². The topological polar surface area (TPSA) is 71.8 Å². The summed E-state index contributed by atoms with van der Waals surface area (Å²) in [6, 6.07) is 9.75. The van der Waals surface area contributed by atoms with Gasteiger partial charge in [0.2, 0.25) is 0 Å².